The van der Waals surface area contributed by atoms with E-state index in [-0.39, 0.29) is 18.2 Å². The molecule has 1 aromatic rings. The van der Waals surface area contributed by atoms with Gasteiger partial charge in [0.05, 0.1) is 19.8 Å². The average Bonchev–Trinajstić information content (AvgIpc) is 2.98. The van der Waals surface area contributed by atoms with Crippen LogP contribution in [0.4, 0.5) is 4.79 Å². The van der Waals surface area contributed by atoms with Gasteiger partial charge in [-0.2, -0.15) is 0 Å². The summed E-state index contributed by atoms with van der Waals surface area (Å²) in [7, 11) is 0. The van der Waals surface area contributed by atoms with Crippen LogP contribution < -0.4 is 10.6 Å². The monoisotopic (exact) mass is 430 g/mol. The predicted octanol–water partition coefficient (Wildman–Crippen LogP) is 3.69. The largest absolute Gasteiger partial charge is 0.444 e. The molecule has 2 heterocycles. The summed E-state index contributed by atoms with van der Waals surface area (Å²) in [4.78, 5) is 19.3. The van der Waals surface area contributed by atoms with Gasteiger partial charge in [-0.15, -0.1) is 0 Å². The van der Waals surface area contributed by atoms with Gasteiger partial charge >= 0.3 is 6.09 Å². The minimum absolute atomic E-state index is 0.172. The third-order valence-electron chi connectivity index (χ3n) is 5.64. The number of piperidine rings is 1. The molecule has 0 aromatic heterocycles. The van der Waals surface area contributed by atoms with E-state index >= 15 is 0 Å². The number of nitrogens with one attached hydrogen (secondary N) is 2. The topological polar surface area (TPSA) is 75.2 Å². The van der Waals surface area contributed by atoms with Crippen LogP contribution in [0.5, 0.6) is 0 Å². The highest BCUT2D eigenvalue weighted by Gasteiger charge is 2.45. The molecule has 7 nitrogen and oxygen atoms in total. The number of ether oxygens (including phenoxy) is 2. The normalized spacial score (nSPS) is 23.5. The number of fused-ring (bicyclic) bond motifs is 2. The third kappa shape index (κ3) is 7.13. The van der Waals surface area contributed by atoms with Gasteiger partial charge in [0.15, 0.2) is 5.96 Å². The summed E-state index contributed by atoms with van der Waals surface area (Å²) in [6, 6.07) is 11.0. The molecule has 2 unspecified atom stereocenters. The van der Waals surface area contributed by atoms with Crippen molar-refractivity contribution in [3.63, 3.8) is 0 Å². The maximum absolute atomic E-state index is 12.6. The van der Waals surface area contributed by atoms with Gasteiger partial charge in [-0.05, 0) is 58.9 Å². The van der Waals surface area contributed by atoms with E-state index in [1.807, 2.05) is 43.9 Å². The molecule has 31 heavy (non-hydrogen) atoms. The van der Waals surface area contributed by atoms with Crippen molar-refractivity contribution in [3.8, 4) is 0 Å². The number of aliphatic imine (C=N–C) groups is 1. The van der Waals surface area contributed by atoms with E-state index in [4.69, 9.17) is 9.47 Å². The van der Waals surface area contributed by atoms with Gasteiger partial charge in [-0.1, -0.05) is 30.3 Å². The van der Waals surface area contributed by atoms with Gasteiger partial charge in [0.1, 0.15) is 5.60 Å². The number of nitrogens with zero attached hydrogens (tertiary/aromatic N) is 2. The van der Waals surface area contributed by atoms with Crippen molar-refractivity contribution >= 4 is 12.1 Å². The first kappa shape index (κ1) is 23.4. The van der Waals surface area contributed by atoms with Crippen LogP contribution in [-0.4, -0.2) is 60.4 Å². The first-order valence-corrected chi connectivity index (χ1v) is 11.5. The highest BCUT2D eigenvalue weighted by atomic mass is 16.6. The van der Waals surface area contributed by atoms with Crippen molar-refractivity contribution in [2.75, 3.05) is 19.7 Å². The molecule has 2 saturated heterocycles. The molecule has 2 N–H and O–H groups in total. The summed E-state index contributed by atoms with van der Waals surface area (Å²) in [6.45, 7) is 10.4. The fourth-order valence-corrected chi connectivity index (χ4v) is 4.41. The zero-order chi connectivity index (χ0) is 22.3. The lowest BCUT2D eigenvalue weighted by atomic mass is 9.98. The van der Waals surface area contributed by atoms with Crippen LogP contribution in [-0.2, 0) is 16.1 Å². The Morgan fingerprint density at radius 2 is 1.84 bits per heavy atom. The van der Waals surface area contributed by atoms with Crippen LogP contribution in [0.3, 0.4) is 0 Å². The second kappa shape index (κ2) is 10.8. The Kier molecular flexibility index (Phi) is 8.18. The zero-order valence-corrected chi connectivity index (χ0v) is 19.4. The predicted molar refractivity (Wildman–Crippen MR) is 123 cm³/mol. The molecule has 7 heteroatoms. The molecule has 2 aliphatic heterocycles. The van der Waals surface area contributed by atoms with Gasteiger partial charge in [0, 0.05) is 24.7 Å². The van der Waals surface area contributed by atoms with E-state index in [1.165, 1.54) is 5.56 Å². The van der Waals surface area contributed by atoms with Crippen molar-refractivity contribution in [2.45, 2.75) is 83.7 Å². The number of rotatable bonds is 7. The second-order valence-electron chi connectivity index (χ2n) is 9.38. The maximum Gasteiger partial charge on any atom is 0.410 e. The number of amides is 1. The number of carbonyl (C=O) groups excluding carboxylic acids is 1. The van der Waals surface area contributed by atoms with E-state index < -0.39 is 5.60 Å². The Morgan fingerprint density at radius 1 is 1.16 bits per heavy atom. The van der Waals surface area contributed by atoms with E-state index in [1.54, 1.807) is 0 Å². The number of benzene rings is 1. The van der Waals surface area contributed by atoms with Gasteiger partial charge in [0.2, 0.25) is 0 Å². The second-order valence-corrected chi connectivity index (χ2v) is 9.38. The minimum Gasteiger partial charge on any atom is -0.444 e. The summed E-state index contributed by atoms with van der Waals surface area (Å²) in [6.07, 6.45) is 3.76. The molecule has 0 saturated carbocycles. The Morgan fingerprint density at radius 3 is 2.45 bits per heavy atom. The van der Waals surface area contributed by atoms with Crippen LogP contribution in [0.15, 0.2) is 35.3 Å². The lowest BCUT2D eigenvalue weighted by Crippen LogP contribution is -2.55. The van der Waals surface area contributed by atoms with Gasteiger partial charge in [-0.25, -0.2) is 4.79 Å². The van der Waals surface area contributed by atoms with Crippen LogP contribution in [0.2, 0.25) is 0 Å². The average molecular weight is 431 g/mol. The number of carbonyl (C=O) groups is 1. The molecule has 0 radical (unpaired) electrons. The van der Waals surface area contributed by atoms with Crippen molar-refractivity contribution < 1.29 is 14.3 Å². The van der Waals surface area contributed by atoms with Gasteiger partial charge in [0.25, 0.3) is 0 Å². The minimum atomic E-state index is -0.459. The standard InChI is InChI=1S/C24H38N4O3/c1-5-25-22(26-13-14-30-17-18-9-7-6-8-10-18)27-19-15-20-11-12-21(16-19)28(20)23(29)31-24(2,3)4/h6-10,19-21H,5,11-17H2,1-4H3,(H2,25,26,27). The highest BCUT2D eigenvalue weighted by Crippen LogP contribution is 2.36. The molecule has 3 rings (SSSR count). The maximum atomic E-state index is 12.6. The van der Waals surface area contributed by atoms with Crippen LogP contribution >= 0.6 is 0 Å². The molecule has 2 fully saturated rings. The fourth-order valence-electron chi connectivity index (χ4n) is 4.41. The molecule has 0 spiro atoms. The quantitative estimate of drug-likeness (QED) is 0.392. The molecule has 1 amide bonds. The van der Waals surface area contributed by atoms with Crippen LogP contribution in [0, 0.1) is 0 Å². The summed E-state index contributed by atoms with van der Waals surface area (Å²) in [5.41, 5.74) is 0.711. The SMILES string of the molecule is CCNC(=NCCOCc1ccccc1)NC1CC2CCC(C1)N2C(=O)OC(C)(C)C. The zero-order valence-electron chi connectivity index (χ0n) is 19.4. The molecule has 2 aliphatic rings. The molecular weight excluding hydrogens is 392 g/mol. The highest BCUT2D eigenvalue weighted by molar-refractivity contribution is 5.80. The Hall–Kier alpha value is -2.28. The van der Waals surface area contributed by atoms with E-state index in [9.17, 15) is 4.79 Å². The Bertz CT molecular complexity index is 718. The molecule has 1 aromatic carbocycles. The van der Waals surface area contributed by atoms with Crippen molar-refractivity contribution in [1.29, 1.82) is 0 Å². The number of hydrogen-bond acceptors (Lipinski definition) is 4. The first-order chi connectivity index (χ1) is 14.9. The molecule has 2 atom stereocenters. The lowest BCUT2D eigenvalue weighted by molar-refractivity contribution is 0.00544. The summed E-state index contributed by atoms with van der Waals surface area (Å²) in [5, 5.41) is 6.91. The Balaban J connectivity index is 1.47. The van der Waals surface area contributed by atoms with Crippen molar-refractivity contribution in [1.82, 2.24) is 15.5 Å². The fraction of sp³-hybridized carbons (Fsp3) is 0.667. The first-order valence-electron chi connectivity index (χ1n) is 11.5. The van der Waals surface area contributed by atoms with Crippen LogP contribution in [0.1, 0.15) is 58.9 Å². The summed E-state index contributed by atoms with van der Waals surface area (Å²) < 4.78 is 11.4. The summed E-state index contributed by atoms with van der Waals surface area (Å²) in [5.74, 6) is 0.820. The van der Waals surface area contributed by atoms with Gasteiger partial charge in [-0.3, -0.25) is 4.99 Å². The smallest absolute Gasteiger partial charge is 0.410 e. The Labute approximate surface area is 186 Å². The third-order valence-corrected chi connectivity index (χ3v) is 5.64. The van der Waals surface area contributed by atoms with E-state index in [0.717, 1.165) is 38.2 Å². The van der Waals surface area contributed by atoms with E-state index in [2.05, 4.69) is 34.7 Å². The summed E-state index contributed by atoms with van der Waals surface area (Å²) >= 11 is 0. The lowest BCUT2D eigenvalue weighted by Gasteiger charge is -2.40. The van der Waals surface area contributed by atoms with Crippen LogP contribution in [0.25, 0.3) is 0 Å². The molecule has 172 valence electrons. The van der Waals surface area contributed by atoms with Crippen molar-refractivity contribution in [2.24, 2.45) is 4.99 Å². The van der Waals surface area contributed by atoms with Gasteiger partial charge < -0.3 is 25.0 Å². The molecule has 0 aliphatic carbocycles. The molecular formula is C24H38N4O3. The van der Waals surface area contributed by atoms with Crippen molar-refractivity contribution in [3.05, 3.63) is 35.9 Å². The number of hydrogen-bond donors (Lipinski definition) is 2. The number of guanidine groups is 1. The van der Waals surface area contributed by atoms with E-state index in [0.29, 0.717) is 25.8 Å². The molecule has 2 bridgehead atoms.